The molecule has 0 spiro atoms. The Morgan fingerprint density at radius 1 is 1.32 bits per heavy atom. The topological polar surface area (TPSA) is 64.2 Å². The summed E-state index contributed by atoms with van der Waals surface area (Å²) in [5, 5.41) is 6.03. The molecular weight excluding hydrogens is 321 g/mol. The first-order valence-corrected chi connectivity index (χ1v) is 7.14. The van der Waals surface area contributed by atoms with Crippen LogP contribution in [0, 0.1) is 0 Å². The zero-order chi connectivity index (χ0) is 16.3. The summed E-state index contributed by atoms with van der Waals surface area (Å²) in [4.78, 5) is 11.9. The van der Waals surface area contributed by atoms with E-state index >= 15 is 0 Å². The number of carbonyl (C=O) groups is 1. The summed E-state index contributed by atoms with van der Waals surface area (Å²) in [5.74, 6) is -0.936. The molecule has 0 aliphatic carbocycles. The molecule has 9 heteroatoms. The van der Waals surface area contributed by atoms with Crippen LogP contribution >= 0.6 is 11.8 Å². The van der Waals surface area contributed by atoms with E-state index in [1.54, 1.807) is 0 Å². The first kappa shape index (κ1) is 16.2. The van der Waals surface area contributed by atoms with E-state index < -0.39 is 17.7 Å². The summed E-state index contributed by atoms with van der Waals surface area (Å²) in [6, 6.07) is 3.27. The standard InChI is InChI=1S/C13H11F3N2O3S/c1-20-10-7(12(19)21-9-5-6-17-18-9)3-4-8(11(10)22-2)13(14,15)16/h3-6H,1-2H3,(H,17,18). The fourth-order valence-electron chi connectivity index (χ4n) is 1.81. The van der Waals surface area contributed by atoms with Crippen LogP contribution in [-0.2, 0) is 6.18 Å². The largest absolute Gasteiger partial charge is 0.495 e. The van der Waals surface area contributed by atoms with Crippen LogP contribution in [0.25, 0.3) is 0 Å². The van der Waals surface area contributed by atoms with Gasteiger partial charge in [0.1, 0.15) is 11.3 Å². The van der Waals surface area contributed by atoms with Gasteiger partial charge in [0.05, 0.1) is 23.8 Å². The SMILES string of the molecule is COc1c(C(=O)Oc2ccn[nH]2)ccc(C(F)(F)F)c1SC. The molecule has 0 saturated carbocycles. The highest BCUT2D eigenvalue weighted by Crippen LogP contribution is 2.42. The maximum Gasteiger partial charge on any atom is 0.417 e. The number of aromatic nitrogens is 2. The fraction of sp³-hybridized carbons (Fsp3) is 0.231. The number of hydrogen-bond donors (Lipinski definition) is 1. The second-order valence-corrected chi connectivity index (χ2v) is 4.85. The van der Waals surface area contributed by atoms with Crippen molar-refractivity contribution < 1.29 is 27.4 Å². The lowest BCUT2D eigenvalue weighted by Crippen LogP contribution is -2.14. The highest BCUT2D eigenvalue weighted by molar-refractivity contribution is 7.98. The van der Waals surface area contributed by atoms with Gasteiger partial charge in [-0.2, -0.15) is 18.3 Å². The molecule has 1 aromatic carbocycles. The number of halogens is 3. The second kappa shape index (κ2) is 6.30. The number of esters is 1. The van der Waals surface area contributed by atoms with Crippen LogP contribution in [0.1, 0.15) is 15.9 Å². The number of methoxy groups -OCH3 is 1. The van der Waals surface area contributed by atoms with Gasteiger partial charge in [-0.1, -0.05) is 0 Å². The Kier molecular flexibility index (Phi) is 4.65. The molecule has 2 aromatic rings. The maximum atomic E-state index is 13.0. The Morgan fingerprint density at radius 3 is 2.55 bits per heavy atom. The Labute approximate surface area is 127 Å². The molecule has 2 rings (SSSR count). The number of alkyl halides is 3. The van der Waals surface area contributed by atoms with Crippen molar-refractivity contribution in [2.24, 2.45) is 0 Å². The van der Waals surface area contributed by atoms with Crippen LogP contribution in [0.2, 0.25) is 0 Å². The number of H-pyrrole nitrogens is 1. The lowest BCUT2D eigenvalue weighted by atomic mass is 10.1. The van der Waals surface area contributed by atoms with Gasteiger partial charge >= 0.3 is 12.1 Å². The quantitative estimate of drug-likeness (QED) is 0.687. The zero-order valence-corrected chi connectivity index (χ0v) is 12.3. The molecule has 0 aliphatic heterocycles. The molecule has 1 heterocycles. The Morgan fingerprint density at radius 2 is 2.05 bits per heavy atom. The monoisotopic (exact) mass is 332 g/mol. The summed E-state index contributed by atoms with van der Waals surface area (Å²) in [6.45, 7) is 0. The van der Waals surface area contributed by atoms with Gasteiger partial charge in [0.2, 0.25) is 5.88 Å². The van der Waals surface area contributed by atoms with Crippen LogP contribution in [0.3, 0.4) is 0 Å². The number of thioether (sulfide) groups is 1. The van der Waals surface area contributed by atoms with Gasteiger partial charge in [-0.05, 0) is 18.4 Å². The predicted octanol–water partition coefficient (Wildman–Crippen LogP) is 3.38. The molecule has 0 radical (unpaired) electrons. The molecule has 1 N–H and O–H groups in total. The first-order valence-electron chi connectivity index (χ1n) is 5.92. The molecule has 0 aliphatic rings. The normalized spacial score (nSPS) is 11.3. The van der Waals surface area contributed by atoms with Crippen LogP contribution in [0.15, 0.2) is 29.3 Å². The summed E-state index contributed by atoms with van der Waals surface area (Å²) in [5.41, 5.74) is -0.968. The minimum atomic E-state index is -4.54. The van der Waals surface area contributed by atoms with Gasteiger partial charge in [-0.3, -0.25) is 0 Å². The van der Waals surface area contributed by atoms with Gasteiger partial charge in [0.15, 0.2) is 0 Å². The van der Waals surface area contributed by atoms with E-state index in [-0.39, 0.29) is 22.1 Å². The van der Waals surface area contributed by atoms with Crippen molar-refractivity contribution in [2.75, 3.05) is 13.4 Å². The predicted molar refractivity (Wildman–Crippen MR) is 73.3 cm³/mol. The van der Waals surface area contributed by atoms with Gasteiger partial charge < -0.3 is 9.47 Å². The van der Waals surface area contributed by atoms with Crippen molar-refractivity contribution in [2.45, 2.75) is 11.1 Å². The number of benzene rings is 1. The number of aromatic amines is 1. The van der Waals surface area contributed by atoms with Crippen molar-refractivity contribution in [1.82, 2.24) is 10.2 Å². The second-order valence-electron chi connectivity index (χ2n) is 4.04. The number of carbonyl (C=O) groups excluding carboxylic acids is 1. The smallest absolute Gasteiger partial charge is 0.417 e. The van der Waals surface area contributed by atoms with Gasteiger partial charge in [-0.15, -0.1) is 11.8 Å². The van der Waals surface area contributed by atoms with E-state index in [4.69, 9.17) is 9.47 Å². The Bertz CT molecular complexity index is 672. The molecule has 5 nitrogen and oxygen atoms in total. The van der Waals surface area contributed by atoms with E-state index in [1.807, 2.05) is 0 Å². The Hall–Kier alpha value is -2.16. The Balaban J connectivity index is 2.46. The van der Waals surface area contributed by atoms with Crippen LogP contribution in [-0.4, -0.2) is 29.5 Å². The number of rotatable bonds is 4. The molecule has 0 saturated heterocycles. The van der Waals surface area contributed by atoms with Crippen LogP contribution in [0.5, 0.6) is 11.6 Å². The average molecular weight is 332 g/mol. The lowest BCUT2D eigenvalue weighted by molar-refractivity contribution is -0.139. The molecule has 0 amide bonds. The highest BCUT2D eigenvalue weighted by Gasteiger charge is 2.36. The zero-order valence-electron chi connectivity index (χ0n) is 11.5. The van der Waals surface area contributed by atoms with Gasteiger partial charge in [0.25, 0.3) is 0 Å². The van der Waals surface area contributed by atoms with E-state index in [1.165, 1.54) is 25.6 Å². The summed E-state index contributed by atoms with van der Waals surface area (Å²) in [6.07, 6.45) is -1.70. The molecule has 0 atom stereocenters. The highest BCUT2D eigenvalue weighted by atomic mass is 32.2. The van der Waals surface area contributed by atoms with E-state index in [0.29, 0.717) is 0 Å². The first-order chi connectivity index (χ1) is 10.4. The third kappa shape index (κ3) is 3.19. The van der Waals surface area contributed by atoms with Crippen molar-refractivity contribution in [3.8, 4) is 11.6 Å². The maximum absolute atomic E-state index is 13.0. The average Bonchev–Trinajstić information content (AvgIpc) is 2.97. The third-order valence-corrected chi connectivity index (χ3v) is 3.54. The van der Waals surface area contributed by atoms with Crippen molar-refractivity contribution >= 4 is 17.7 Å². The summed E-state index contributed by atoms with van der Waals surface area (Å²) >= 11 is 0.840. The molecule has 118 valence electrons. The van der Waals surface area contributed by atoms with Crippen molar-refractivity contribution in [3.63, 3.8) is 0 Å². The number of ether oxygens (including phenoxy) is 2. The molecule has 0 unspecified atom stereocenters. The van der Waals surface area contributed by atoms with Crippen LogP contribution < -0.4 is 9.47 Å². The summed E-state index contributed by atoms with van der Waals surface area (Å²) < 4.78 is 49.0. The third-order valence-electron chi connectivity index (χ3n) is 2.72. The fourth-order valence-corrected chi connectivity index (χ4v) is 2.59. The number of nitrogens with zero attached hydrogens (tertiary/aromatic N) is 1. The molecular formula is C13H11F3N2O3S. The molecule has 0 fully saturated rings. The van der Waals surface area contributed by atoms with Crippen molar-refractivity contribution in [1.29, 1.82) is 0 Å². The van der Waals surface area contributed by atoms with E-state index in [0.717, 1.165) is 23.9 Å². The molecule has 0 bridgehead atoms. The van der Waals surface area contributed by atoms with E-state index in [9.17, 15) is 18.0 Å². The van der Waals surface area contributed by atoms with Gasteiger partial charge in [0, 0.05) is 6.07 Å². The van der Waals surface area contributed by atoms with E-state index in [2.05, 4.69) is 10.2 Å². The number of nitrogens with one attached hydrogen (secondary N) is 1. The summed E-state index contributed by atoms with van der Waals surface area (Å²) in [7, 11) is 1.20. The molecule has 1 aromatic heterocycles. The lowest BCUT2D eigenvalue weighted by Gasteiger charge is -2.17. The molecule has 22 heavy (non-hydrogen) atoms. The minimum Gasteiger partial charge on any atom is -0.495 e. The minimum absolute atomic E-state index is 0.0812. The van der Waals surface area contributed by atoms with Gasteiger partial charge in [-0.25, -0.2) is 9.89 Å². The number of hydrogen-bond acceptors (Lipinski definition) is 5. The van der Waals surface area contributed by atoms with Crippen LogP contribution in [0.4, 0.5) is 13.2 Å². The van der Waals surface area contributed by atoms with Crippen molar-refractivity contribution in [3.05, 3.63) is 35.5 Å².